The van der Waals surface area contributed by atoms with E-state index in [1.165, 1.54) is 4.68 Å². The van der Waals surface area contributed by atoms with E-state index in [1.807, 2.05) is 39.0 Å². The highest BCUT2D eigenvalue weighted by molar-refractivity contribution is 7.95. The first-order valence-corrected chi connectivity index (χ1v) is 9.95. The van der Waals surface area contributed by atoms with Gasteiger partial charge in [-0.15, -0.1) is 0 Å². The van der Waals surface area contributed by atoms with Gasteiger partial charge < -0.3 is 8.92 Å². The molecule has 0 aliphatic carbocycles. The molecule has 0 aliphatic rings. The molecule has 0 bridgehead atoms. The summed E-state index contributed by atoms with van der Waals surface area (Å²) in [6.07, 6.45) is 0. The van der Waals surface area contributed by atoms with Gasteiger partial charge in [0.25, 0.3) is 0 Å². The van der Waals surface area contributed by atoms with Gasteiger partial charge in [0.15, 0.2) is 17.7 Å². The number of pyridine rings is 1. The van der Waals surface area contributed by atoms with Crippen molar-refractivity contribution in [1.82, 2.24) is 14.8 Å². The number of carbonyl (C=O) groups excluding carboxylic acids is 1. The lowest BCUT2D eigenvalue weighted by Gasteiger charge is -2.10. The summed E-state index contributed by atoms with van der Waals surface area (Å²) in [7, 11) is 0. The third-order valence-corrected chi connectivity index (χ3v) is 4.59. The zero-order chi connectivity index (χ0) is 22.1. The number of hydrogen-bond acceptors (Lipinski definition) is 6. The van der Waals surface area contributed by atoms with Crippen molar-refractivity contribution < 1.29 is 26.9 Å². The summed E-state index contributed by atoms with van der Waals surface area (Å²) in [6, 6.07) is 8.56. The van der Waals surface area contributed by atoms with Crippen LogP contribution in [-0.2, 0) is 4.74 Å². The summed E-state index contributed by atoms with van der Waals surface area (Å²) >= 11 is -0.698. The maximum Gasteiger partial charge on any atom is 0.479 e. The molecule has 3 rings (SSSR count). The van der Waals surface area contributed by atoms with Gasteiger partial charge in [-0.2, -0.15) is 23.3 Å². The van der Waals surface area contributed by atoms with E-state index in [4.69, 9.17) is 8.92 Å². The number of benzene rings is 1. The first-order chi connectivity index (χ1) is 14.1. The molecule has 2 aromatic heterocycles. The molecule has 0 N–H and O–H groups in total. The van der Waals surface area contributed by atoms with Crippen molar-refractivity contribution in [2.24, 2.45) is 0 Å². The number of carbonyl (C=O) groups is 1. The van der Waals surface area contributed by atoms with Gasteiger partial charge in [0.2, 0.25) is 5.88 Å². The van der Waals surface area contributed by atoms with Crippen molar-refractivity contribution in [3.8, 4) is 11.6 Å². The van der Waals surface area contributed by atoms with Gasteiger partial charge in [0.05, 0.1) is 28.9 Å². The predicted octanol–water partition coefficient (Wildman–Crippen LogP) is 5.58. The summed E-state index contributed by atoms with van der Waals surface area (Å²) in [5.41, 5.74) is -2.14. The largest absolute Gasteiger partial charge is 0.479 e. The highest BCUT2D eigenvalue weighted by atomic mass is 32.2. The standard InChI is InChI=1S/C20H20F3N3O3S/c1-5-28-19(27)14-10-15(29-30-20(21,22)23)24-18-16(14)17(11(2)3)25-26(18)13-8-6-7-12(4)9-13/h6-11H,5H2,1-4H3. The minimum atomic E-state index is -4.62. The molecule has 30 heavy (non-hydrogen) atoms. The third-order valence-electron chi connectivity index (χ3n) is 4.15. The van der Waals surface area contributed by atoms with Crippen molar-refractivity contribution in [3.05, 3.63) is 47.2 Å². The van der Waals surface area contributed by atoms with E-state index in [-0.39, 0.29) is 29.6 Å². The van der Waals surface area contributed by atoms with Crippen molar-refractivity contribution in [1.29, 1.82) is 0 Å². The number of esters is 1. The first kappa shape index (κ1) is 21.9. The van der Waals surface area contributed by atoms with Crippen molar-refractivity contribution in [3.63, 3.8) is 0 Å². The molecule has 10 heteroatoms. The minimum Gasteiger partial charge on any atom is -0.462 e. The minimum absolute atomic E-state index is 0.0576. The van der Waals surface area contributed by atoms with Gasteiger partial charge in [-0.1, -0.05) is 26.0 Å². The molecule has 0 saturated carbocycles. The topological polar surface area (TPSA) is 66.2 Å². The van der Waals surface area contributed by atoms with Crippen LogP contribution in [0.5, 0.6) is 5.88 Å². The smallest absolute Gasteiger partial charge is 0.462 e. The first-order valence-electron chi connectivity index (χ1n) is 9.21. The average molecular weight is 439 g/mol. The van der Waals surface area contributed by atoms with Gasteiger partial charge in [-0.05, 0) is 37.5 Å². The van der Waals surface area contributed by atoms with E-state index >= 15 is 0 Å². The van der Waals surface area contributed by atoms with E-state index < -0.39 is 23.5 Å². The molecule has 3 aromatic rings. The van der Waals surface area contributed by atoms with Gasteiger partial charge in [0.1, 0.15) is 0 Å². The van der Waals surface area contributed by atoms with Crippen LogP contribution in [0.3, 0.4) is 0 Å². The lowest BCUT2D eigenvalue weighted by molar-refractivity contribution is -0.0370. The van der Waals surface area contributed by atoms with Crippen molar-refractivity contribution in [2.75, 3.05) is 6.61 Å². The van der Waals surface area contributed by atoms with Crippen LogP contribution in [0, 0.1) is 6.92 Å². The van der Waals surface area contributed by atoms with Crippen molar-refractivity contribution in [2.45, 2.75) is 39.1 Å². The fraction of sp³-hybridized carbons (Fsp3) is 0.350. The molecular weight excluding hydrogens is 419 g/mol. The van der Waals surface area contributed by atoms with E-state index in [2.05, 4.69) is 10.1 Å². The molecule has 2 heterocycles. The van der Waals surface area contributed by atoms with Gasteiger partial charge in [-0.3, -0.25) is 0 Å². The van der Waals surface area contributed by atoms with Gasteiger partial charge >= 0.3 is 11.5 Å². The highest BCUT2D eigenvalue weighted by Gasteiger charge is 2.32. The van der Waals surface area contributed by atoms with Crippen LogP contribution in [0.2, 0.25) is 0 Å². The molecule has 0 amide bonds. The Morgan fingerprint density at radius 1 is 1.27 bits per heavy atom. The molecule has 0 spiro atoms. The SMILES string of the molecule is CCOC(=O)c1cc(OSC(F)(F)F)nc2c1c(C(C)C)nn2-c1cccc(C)c1. The number of hydrogen-bond donors (Lipinski definition) is 0. The molecular formula is C20H20F3N3O3S. The van der Waals surface area contributed by atoms with E-state index in [1.54, 1.807) is 13.0 Å². The summed E-state index contributed by atoms with van der Waals surface area (Å²) < 4.78 is 49.3. The van der Waals surface area contributed by atoms with Crippen LogP contribution < -0.4 is 4.18 Å². The van der Waals surface area contributed by atoms with Crippen LogP contribution in [-0.4, -0.2) is 32.8 Å². The van der Waals surface area contributed by atoms with Crippen LogP contribution >= 0.6 is 12.0 Å². The number of fused-ring (bicyclic) bond motifs is 1. The van der Waals surface area contributed by atoms with Crippen LogP contribution in [0.1, 0.15) is 48.3 Å². The van der Waals surface area contributed by atoms with E-state index in [9.17, 15) is 18.0 Å². The molecule has 0 unspecified atom stereocenters. The fourth-order valence-electron chi connectivity index (χ4n) is 2.97. The molecule has 0 saturated heterocycles. The summed E-state index contributed by atoms with van der Waals surface area (Å²) in [5.74, 6) is -1.13. The maximum atomic E-state index is 12.6. The second kappa shape index (κ2) is 8.55. The van der Waals surface area contributed by atoms with E-state index in [0.29, 0.717) is 16.8 Å². The Hall–Kier alpha value is -2.75. The van der Waals surface area contributed by atoms with Crippen LogP contribution in [0.25, 0.3) is 16.7 Å². The average Bonchev–Trinajstić information content (AvgIpc) is 3.05. The van der Waals surface area contributed by atoms with Gasteiger partial charge in [-0.25, -0.2) is 9.48 Å². The zero-order valence-electron chi connectivity index (χ0n) is 16.8. The normalized spacial score (nSPS) is 11.9. The Balaban J connectivity index is 2.29. The number of ether oxygens (including phenoxy) is 1. The Bertz CT molecular complexity index is 1080. The monoisotopic (exact) mass is 439 g/mol. The van der Waals surface area contributed by atoms with E-state index in [0.717, 1.165) is 11.6 Å². The Morgan fingerprint density at radius 3 is 2.60 bits per heavy atom. The Kier molecular flexibility index (Phi) is 6.25. The quantitative estimate of drug-likeness (QED) is 0.369. The highest BCUT2D eigenvalue weighted by Crippen LogP contribution is 2.36. The summed E-state index contributed by atoms with van der Waals surface area (Å²) in [6.45, 7) is 7.47. The number of aryl methyl sites for hydroxylation is 1. The maximum absolute atomic E-state index is 12.6. The van der Waals surface area contributed by atoms with Crippen LogP contribution in [0.4, 0.5) is 13.2 Å². The summed E-state index contributed by atoms with van der Waals surface area (Å²) in [5, 5.41) is 5.04. The predicted molar refractivity (Wildman–Crippen MR) is 108 cm³/mol. The molecule has 1 aromatic carbocycles. The number of aromatic nitrogens is 3. The second-order valence-corrected chi connectivity index (χ2v) is 7.63. The molecule has 6 nitrogen and oxygen atoms in total. The number of halogens is 3. The number of rotatable bonds is 6. The fourth-order valence-corrected chi connectivity index (χ4v) is 3.23. The molecule has 0 atom stereocenters. The molecule has 0 radical (unpaired) electrons. The molecule has 160 valence electrons. The number of alkyl halides is 3. The zero-order valence-corrected chi connectivity index (χ0v) is 17.6. The third kappa shape index (κ3) is 4.69. The lowest BCUT2D eigenvalue weighted by atomic mass is 10.0. The molecule has 0 fully saturated rings. The number of nitrogens with zero attached hydrogens (tertiary/aromatic N) is 3. The lowest BCUT2D eigenvalue weighted by Crippen LogP contribution is -2.09. The summed E-state index contributed by atoms with van der Waals surface area (Å²) in [4.78, 5) is 16.9. The van der Waals surface area contributed by atoms with Crippen molar-refractivity contribution >= 4 is 29.0 Å². The second-order valence-electron chi connectivity index (χ2n) is 6.83. The van der Waals surface area contributed by atoms with Crippen LogP contribution in [0.15, 0.2) is 30.3 Å². The Labute approximate surface area is 175 Å². The van der Waals surface area contributed by atoms with Gasteiger partial charge in [0, 0.05) is 6.07 Å². The molecule has 0 aliphatic heterocycles. The Morgan fingerprint density at radius 2 is 2.00 bits per heavy atom.